The van der Waals surface area contributed by atoms with Crippen molar-refractivity contribution in [2.45, 2.75) is 39.3 Å². The van der Waals surface area contributed by atoms with Crippen molar-refractivity contribution in [3.05, 3.63) is 29.6 Å². The van der Waals surface area contributed by atoms with Crippen LogP contribution < -0.4 is 10.5 Å². The number of hydrogen-bond acceptors (Lipinski definition) is 2. The highest BCUT2D eigenvalue weighted by Crippen LogP contribution is 2.20. The van der Waals surface area contributed by atoms with Crippen molar-refractivity contribution >= 4 is 0 Å². The van der Waals surface area contributed by atoms with Gasteiger partial charge in [-0.3, -0.25) is 0 Å². The van der Waals surface area contributed by atoms with Gasteiger partial charge in [0, 0.05) is 12.1 Å². The molecule has 0 fully saturated rings. The molecule has 0 aromatic heterocycles. The van der Waals surface area contributed by atoms with Crippen molar-refractivity contribution in [2.24, 2.45) is 5.73 Å². The van der Waals surface area contributed by atoms with E-state index in [0.717, 1.165) is 12.0 Å². The van der Waals surface area contributed by atoms with E-state index in [4.69, 9.17) is 10.5 Å². The summed E-state index contributed by atoms with van der Waals surface area (Å²) in [5, 5.41) is 0. The molecule has 0 heterocycles. The van der Waals surface area contributed by atoms with Crippen LogP contribution in [0.5, 0.6) is 5.75 Å². The first kappa shape index (κ1) is 12.0. The Hall–Kier alpha value is -1.09. The summed E-state index contributed by atoms with van der Waals surface area (Å²) in [4.78, 5) is 0. The van der Waals surface area contributed by atoms with E-state index in [0.29, 0.717) is 5.75 Å². The van der Waals surface area contributed by atoms with E-state index >= 15 is 0 Å². The molecule has 2 N–H and O–H groups in total. The minimum atomic E-state index is -0.284. The van der Waals surface area contributed by atoms with Crippen LogP contribution in [0.25, 0.3) is 0 Å². The zero-order valence-corrected chi connectivity index (χ0v) is 9.46. The molecule has 15 heavy (non-hydrogen) atoms. The molecule has 0 amide bonds. The third-order valence-corrected chi connectivity index (χ3v) is 2.54. The molecule has 0 saturated heterocycles. The fourth-order valence-electron chi connectivity index (χ4n) is 1.32. The van der Waals surface area contributed by atoms with Crippen LogP contribution in [0.2, 0.25) is 0 Å². The van der Waals surface area contributed by atoms with E-state index in [-0.39, 0.29) is 18.0 Å². The van der Waals surface area contributed by atoms with E-state index in [2.05, 4.69) is 0 Å². The quantitative estimate of drug-likeness (QED) is 0.831. The highest BCUT2D eigenvalue weighted by Gasteiger charge is 2.13. The Balaban J connectivity index is 2.75. The lowest BCUT2D eigenvalue weighted by atomic mass is 10.1. The molecule has 0 spiro atoms. The van der Waals surface area contributed by atoms with Crippen molar-refractivity contribution < 1.29 is 9.13 Å². The molecule has 1 aromatic carbocycles. The predicted octanol–water partition coefficient (Wildman–Crippen LogP) is 2.64. The van der Waals surface area contributed by atoms with Crippen molar-refractivity contribution in [1.82, 2.24) is 0 Å². The third kappa shape index (κ3) is 3.20. The normalized spacial score (nSPS) is 14.7. The zero-order chi connectivity index (χ0) is 11.4. The minimum Gasteiger partial charge on any atom is -0.489 e. The van der Waals surface area contributed by atoms with Crippen molar-refractivity contribution in [1.29, 1.82) is 0 Å². The Morgan fingerprint density at radius 2 is 2.13 bits per heavy atom. The fourth-order valence-corrected chi connectivity index (χ4v) is 1.32. The molecule has 2 nitrogen and oxygen atoms in total. The van der Waals surface area contributed by atoms with Gasteiger partial charge >= 0.3 is 0 Å². The van der Waals surface area contributed by atoms with Gasteiger partial charge in [0.1, 0.15) is 17.7 Å². The summed E-state index contributed by atoms with van der Waals surface area (Å²) in [7, 11) is 0. The van der Waals surface area contributed by atoms with Crippen LogP contribution in [0.3, 0.4) is 0 Å². The Bertz CT molecular complexity index is 327. The van der Waals surface area contributed by atoms with Crippen LogP contribution >= 0.6 is 0 Å². The summed E-state index contributed by atoms with van der Waals surface area (Å²) in [5.41, 5.74) is 6.76. The Labute approximate surface area is 90.2 Å². The van der Waals surface area contributed by atoms with Crippen LogP contribution in [-0.4, -0.2) is 12.1 Å². The van der Waals surface area contributed by atoms with Crippen molar-refractivity contribution in [3.63, 3.8) is 0 Å². The van der Waals surface area contributed by atoms with Crippen molar-refractivity contribution in [2.75, 3.05) is 0 Å². The van der Waals surface area contributed by atoms with E-state index in [9.17, 15) is 4.39 Å². The first-order valence-electron chi connectivity index (χ1n) is 5.23. The molecule has 2 unspecified atom stereocenters. The molecular weight excluding hydrogens is 193 g/mol. The first-order chi connectivity index (χ1) is 7.04. The Morgan fingerprint density at radius 1 is 1.47 bits per heavy atom. The number of benzene rings is 1. The van der Waals surface area contributed by atoms with Gasteiger partial charge in [-0.05, 0) is 31.9 Å². The third-order valence-electron chi connectivity index (χ3n) is 2.54. The van der Waals surface area contributed by atoms with Crippen LogP contribution in [0.4, 0.5) is 4.39 Å². The second-order valence-corrected chi connectivity index (χ2v) is 3.80. The maximum absolute atomic E-state index is 13.0. The van der Waals surface area contributed by atoms with Gasteiger partial charge in [-0.25, -0.2) is 4.39 Å². The van der Waals surface area contributed by atoms with Crippen LogP contribution in [0.15, 0.2) is 18.2 Å². The van der Waals surface area contributed by atoms with E-state index in [1.807, 2.05) is 20.8 Å². The van der Waals surface area contributed by atoms with E-state index in [1.54, 1.807) is 6.07 Å². The topological polar surface area (TPSA) is 35.2 Å². The molecule has 0 radical (unpaired) electrons. The molecule has 2 atom stereocenters. The second-order valence-electron chi connectivity index (χ2n) is 3.80. The highest BCUT2D eigenvalue weighted by atomic mass is 19.1. The minimum absolute atomic E-state index is 0.0207. The number of nitrogens with two attached hydrogens (primary N) is 1. The molecule has 0 aliphatic heterocycles. The van der Waals surface area contributed by atoms with Crippen LogP contribution in [0.1, 0.15) is 25.8 Å². The monoisotopic (exact) mass is 211 g/mol. The number of aryl methyl sites for hydroxylation is 1. The Kier molecular flexibility index (Phi) is 4.09. The molecule has 3 heteroatoms. The fraction of sp³-hybridized carbons (Fsp3) is 0.500. The summed E-state index contributed by atoms with van der Waals surface area (Å²) >= 11 is 0. The number of ether oxygens (including phenoxy) is 1. The largest absolute Gasteiger partial charge is 0.489 e. The maximum Gasteiger partial charge on any atom is 0.126 e. The summed E-state index contributed by atoms with van der Waals surface area (Å²) < 4.78 is 18.6. The van der Waals surface area contributed by atoms with Gasteiger partial charge in [-0.15, -0.1) is 0 Å². The zero-order valence-electron chi connectivity index (χ0n) is 9.46. The predicted molar refractivity (Wildman–Crippen MR) is 59.5 cm³/mol. The molecule has 1 aromatic rings. The molecule has 84 valence electrons. The standard InChI is InChI=1S/C12H18FNO/c1-4-11(14)9(3)15-12-7-10(13)6-5-8(12)2/h5-7,9,11H,4,14H2,1-3H3. The van der Waals surface area contributed by atoms with Gasteiger partial charge in [-0.1, -0.05) is 13.0 Å². The van der Waals surface area contributed by atoms with Crippen LogP contribution in [-0.2, 0) is 0 Å². The van der Waals surface area contributed by atoms with Gasteiger partial charge in [-0.2, -0.15) is 0 Å². The smallest absolute Gasteiger partial charge is 0.126 e. The number of halogens is 1. The average molecular weight is 211 g/mol. The highest BCUT2D eigenvalue weighted by molar-refractivity contribution is 5.32. The van der Waals surface area contributed by atoms with E-state index in [1.165, 1.54) is 12.1 Å². The lowest BCUT2D eigenvalue weighted by Crippen LogP contribution is -2.36. The molecule has 0 saturated carbocycles. The van der Waals surface area contributed by atoms with Gasteiger partial charge in [0.25, 0.3) is 0 Å². The summed E-state index contributed by atoms with van der Waals surface area (Å²) in [6.45, 7) is 5.79. The Morgan fingerprint density at radius 3 is 2.73 bits per heavy atom. The number of hydrogen-bond donors (Lipinski definition) is 1. The molecular formula is C12H18FNO. The lowest BCUT2D eigenvalue weighted by Gasteiger charge is -2.21. The summed E-state index contributed by atoms with van der Waals surface area (Å²) in [5.74, 6) is 0.291. The van der Waals surface area contributed by atoms with Gasteiger partial charge in [0.15, 0.2) is 0 Å². The van der Waals surface area contributed by atoms with Gasteiger partial charge < -0.3 is 10.5 Å². The second kappa shape index (κ2) is 5.12. The lowest BCUT2D eigenvalue weighted by molar-refractivity contribution is 0.185. The molecule has 0 bridgehead atoms. The molecule has 0 aliphatic carbocycles. The SMILES string of the molecule is CCC(N)C(C)Oc1cc(F)ccc1C. The molecule has 0 aliphatic rings. The average Bonchev–Trinajstić information content (AvgIpc) is 2.22. The van der Waals surface area contributed by atoms with Crippen molar-refractivity contribution in [3.8, 4) is 5.75 Å². The number of rotatable bonds is 4. The first-order valence-corrected chi connectivity index (χ1v) is 5.23. The maximum atomic E-state index is 13.0. The summed E-state index contributed by atoms with van der Waals surface area (Å²) in [6.07, 6.45) is 0.741. The summed E-state index contributed by atoms with van der Waals surface area (Å²) in [6, 6.07) is 4.50. The van der Waals surface area contributed by atoms with E-state index < -0.39 is 0 Å². The molecule has 1 rings (SSSR count). The van der Waals surface area contributed by atoms with Gasteiger partial charge in [0.05, 0.1) is 0 Å². The van der Waals surface area contributed by atoms with Crippen LogP contribution in [0, 0.1) is 12.7 Å². The van der Waals surface area contributed by atoms with Gasteiger partial charge in [0.2, 0.25) is 0 Å².